The van der Waals surface area contributed by atoms with Crippen molar-refractivity contribution in [2.75, 3.05) is 4.72 Å². The van der Waals surface area contributed by atoms with Gasteiger partial charge in [0.25, 0.3) is 10.0 Å². The normalized spacial score (nSPS) is 10.8. The number of aryl methyl sites for hydroxylation is 1. The van der Waals surface area contributed by atoms with E-state index in [9.17, 15) is 8.42 Å². The molecule has 0 fully saturated rings. The van der Waals surface area contributed by atoms with E-state index in [0.717, 1.165) is 3.57 Å². The van der Waals surface area contributed by atoms with Gasteiger partial charge in [-0.2, -0.15) is 5.26 Å². The van der Waals surface area contributed by atoms with Crippen LogP contribution in [-0.2, 0) is 10.0 Å². The second kappa shape index (κ2) is 5.81. The lowest BCUT2D eigenvalue weighted by atomic mass is 10.2. The van der Waals surface area contributed by atoms with Crippen LogP contribution in [0.25, 0.3) is 0 Å². The number of halogens is 1. The highest BCUT2D eigenvalue weighted by Gasteiger charge is 2.18. The third-order valence-electron chi connectivity index (χ3n) is 2.72. The molecule has 0 atom stereocenters. The average Bonchev–Trinajstić information content (AvgIpc) is 2.41. The van der Waals surface area contributed by atoms with E-state index < -0.39 is 10.0 Å². The number of nitrogens with zero attached hydrogens (tertiary/aromatic N) is 1. The molecule has 2 rings (SSSR count). The van der Waals surface area contributed by atoms with Gasteiger partial charge in [0.15, 0.2) is 0 Å². The van der Waals surface area contributed by atoms with Gasteiger partial charge in [0, 0.05) is 3.57 Å². The molecule has 0 aliphatic rings. The van der Waals surface area contributed by atoms with Crippen LogP contribution in [0, 0.1) is 21.8 Å². The van der Waals surface area contributed by atoms with Crippen LogP contribution >= 0.6 is 22.6 Å². The molecule has 0 spiro atoms. The Bertz CT molecular complexity index is 795. The predicted molar refractivity (Wildman–Crippen MR) is 85.9 cm³/mol. The second-order valence-corrected chi connectivity index (χ2v) is 6.99. The molecule has 0 aromatic heterocycles. The molecule has 0 unspecified atom stereocenters. The number of nitriles is 1. The molecule has 0 amide bonds. The Labute approximate surface area is 131 Å². The first-order chi connectivity index (χ1) is 9.44. The van der Waals surface area contributed by atoms with E-state index in [1.54, 1.807) is 31.2 Å². The minimum absolute atomic E-state index is 0.121. The van der Waals surface area contributed by atoms with Gasteiger partial charge in [-0.05, 0) is 59.3 Å². The van der Waals surface area contributed by atoms with Gasteiger partial charge in [-0.1, -0.05) is 18.2 Å². The Balaban J connectivity index is 2.47. The first kappa shape index (κ1) is 14.8. The molecule has 0 aliphatic carbocycles. The van der Waals surface area contributed by atoms with Gasteiger partial charge in [0.2, 0.25) is 0 Å². The SMILES string of the molecule is Cc1ccc(C#N)cc1S(=O)(=O)Nc1ccccc1I. The highest BCUT2D eigenvalue weighted by atomic mass is 127. The topological polar surface area (TPSA) is 70.0 Å². The monoisotopic (exact) mass is 398 g/mol. The standard InChI is InChI=1S/C14H11IN2O2S/c1-10-6-7-11(9-16)8-14(10)20(18,19)17-13-5-3-2-4-12(13)15/h2-8,17H,1H3. The first-order valence-electron chi connectivity index (χ1n) is 5.72. The highest BCUT2D eigenvalue weighted by Crippen LogP contribution is 2.23. The summed E-state index contributed by atoms with van der Waals surface area (Å²) in [6.45, 7) is 1.70. The number of sulfonamides is 1. The van der Waals surface area contributed by atoms with Crippen molar-refractivity contribution in [2.45, 2.75) is 11.8 Å². The maximum atomic E-state index is 12.4. The first-order valence-corrected chi connectivity index (χ1v) is 8.28. The second-order valence-electron chi connectivity index (χ2n) is 4.18. The van der Waals surface area contributed by atoms with Crippen molar-refractivity contribution in [2.24, 2.45) is 0 Å². The van der Waals surface area contributed by atoms with Gasteiger partial charge in [-0.25, -0.2) is 8.42 Å². The molecular weight excluding hydrogens is 387 g/mol. The lowest BCUT2D eigenvalue weighted by Gasteiger charge is -2.11. The number of rotatable bonds is 3. The smallest absolute Gasteiger partial charge is 0.262 e. The predicted octanol–water partition coefficient (Wildman–Crippen LogP) is 3.27. The molecule has 0 radical (unpaired) electrons. The minimum Gasteiger partial charge on any atom is -0.279 e. The van der Waals surface area contributed by atoms with Crippen LogP contribution in [0.15, 0.2) is 47.4 Å². The summed E-state index contributed by atoms with van der Waals surface area (Å²) in [5.41, 5.74) is 1.44. The fourth-order valence-corrected chi connectivity index (χ4v) is 3.76. The van der Waals surface area contributed by atoms with E-state index >= 15 is 0 Å². The zero-order valence-electron chi connectivity index (χ0n) is 10.6. The van der Waals surface area contributed by atoms with E-state index in [-0.39, 0.29) is 4.90 Å². The maximum absolute atomic E-state index is 12.4. The molecule has 102 valence electrons. The summed E-state index contributed by atoms with van der Waals surface area (Å²) < 4.78 is 28.2. The third kappa shape index (κ3) is 3.11. The van der Waals surface area contributed by atoms with Crippen LogP contribution in [0.3, 0.4) is 0 Å². The van der Waals surface area contributed by atoms with Gasteiger partial charge in [0.1, 0.15) is 0 Å². The van der Waals surface area contributed by atoms with Crippen LogP contribution in [0.5, 0.6) is 0 Å². The number of para-hydroxylation sites is 1. The summed E-state index contributed by atoms with van der Waals surface area (Å²) in [4.78, 5) is 0.121. The molecule has 0 saturated carbocycles. The van der Waals surface area contributed by atoms with Gasteiger partial charge in [0.05, 0.1) is 22.2 Å². The van der Waals surface area contributed by atoms with E-state index in [1.807, 2.05) is 18.2 Å². The number of benzene rings is 2. The summed E-state index contributed by atoms with van der Waals surface area (Å²) in [5, 5.41) is 8.89. The number of nitrogens with one attached hydrogen (secondary N) is 1. The van der Waals surface area contributed by atoms with Crippen LogP contribution in [0.4, 0.5) is 5.69 Å². The van der Waals surface area contributed by atoms with E-state index in [2.05, 4.69) is 27.3 Å². The number of hydrogen-bond acceptors (Lipinski definition) is 3. The van der Waals surface area contributed by atoms with Crippen LogP contribution in [0.1, 0.15) is 11.1 Å². The fourth-order valence-electron chi connectivity index (χ4n) is 1.70. The van der Waals surface area contributed by atoms with Crippen LogP contribution < -0.4 is 4.72 Å². The number of anilines is 1. The maximum Gasteiger partial charge on any atom is 0.262 e. The Hall–Kier alpha value is -1.59. The lowest BCUT2D eigenvalue weighted by molar-refractivity contribution is 0.600. The van der Waals surface area contributed by atoms with Gasteiger partial charge in [-0.15, -0.1) is 0 Å². The zero-order valence-corrected chi connectivity index (χ0v) is 13.6. The summed E-state index contributed by atoms with van der Waals surface area (Å²) >= 11 is 2.06. The molecule has 2 aromatic carbocycles. The lowest BCUT2D eigenvalue weighted by Crippen LogP contribution is -2.15. The van der Waals surface area contributed by atoms with Gasteiger partial charge < -0.3 is 0 Å². The third-order valence-corrected chi connectivity index (χ3v) is 5.17. The zero-order chi connectivity index (χ0) is 14.8. The fraction of sp³-hybridized carbons (Fsp3) is 0.0714. The summed E-state index contributed by atoms with van der Waals surface area (Å²) in [6, 6.07) is 13.7. The van der Waals surface area contributed by atoms with Crippen molar-refractivity contribution in [1.82, 2.24) is 0 Å². The average molecular weight is 398 g/mol. The van der Waals surface area contributed by atoms with E-state index in [4.69, 9.17) is 5.26 Å². The molecule has 6 heteroatoms. The molecule has 20 heavy (non-hydrogen) atoms. The molecule has 0 bridgehead atoms. The highest BCUT2D eigenvalue weighted by molar-refractivity contribution is 14.1. The molecule has 0 saturated heterocycles. The molecule has 0 heterocycles. The molecule has 2 aromatic rings. The van der Waals surface area contributed by atoms with Crippen molar-refractivity contribution in [3.05, 3.63) is 57.2 Å². The van der Waals surface area contributed by atoms with Crippen LogP contribution in [-0.4, -0.2) is 8.42 Å². The van der Waals surface area contributed by atoms with Crippen molar-refractivity contribution in [1.29, 1.82) is 5.26 Å². The Kier molecular flexibility index (Phi) is 4.30. The van der Waals surface area contributed by atoms with E-state index in [0.29, 0.717) is 16.8 Å². The molecule has 4 nitrogen and oxygen atoms in total. The van der Waals surface area contributed by atoms with Crippen LogP contribution in [0.2, 0.25) is 0 Å². The Morgan fingerprint density at radius 2 is 1.90 bits per heavy atom. The van der Waals surface area contributed by atoms with E-state index in [1.165, 1.54) is 6.07 Å². The number of hydrogen-bond donors (Lipinski definition) is 1. The molecule has 1 N–H and O–H groups in total. The Morgan fingerprint density at radius 3 is 2.55 bits per heavy atom. The summed E-state index contributed by atoms with van der Waals surface area (Å²) in [6.07, 6.45) is 0. The largest absolute Gasteiger partial charge is 0.279 e. The van der Waals surface area contributed by atoms with Crippen molar-refractivity contribution >= 4 is 38.3 Å². The minimum atomic E-state index is -3.71. The van der Waals surface area contributed by atoms with Gasteiger partial charge in [-0.3, -0.25) is 4.72 Å². The van der Waals surface area contributed by atoms with Crippen molar-refractivity contribution in [3.8, 4) is 6.07 Å². The van der Waals surface area contributed by atoms with Crippen molar-refractivity contribution < 1.29 is 8.42 Å². The summed E-state index contributed by atoms with van der Waals surface area (Å²) in [5.74, 6) is 0. The van der Waals surface area contributed by atoms with Gasteiger partial charge >= 0.3 is 0 Å². The Morgan fingerprint density at radius 1 is 1.20 bits per heavy atom. The quantitative estimate of drug-likeness (QED) is 0.807. The molecule has 0 aliphatic heterocycles. The summed E-state index contributed by atoms with van der Waals surface area (Å²) in [7, 11) is -3.71. The van der Waals surface area contributed by atoms with Crippen molar-refractivity contribution in [3.63, 3.8) is 0 Å². The molecular formula is C14H11IN2O2S.